The third-order valence-corrected chi connectivity index (χ3v) is 8.22. The smallest absolute Gasteiger partial charge is 0.249 e. The molecule has 2 heterocycles. The van der Waals surface area contributed by atoms with Crippen LogP contribution in [0.15, 0.2) is 90.5 Å². The normalized spacial score (nSPS) is 21.0. The summed E-state index contributed by atoms with van der Waals surface area (Å²) in [5.74, 6) is -0.461. The Hall–Kier alpha value is -2.81. The van der Waals surface area contributed by atoms with E-state index in [0.717, 1.165) is 43.3 Å². The van der Waals surface area contributed by atoms with E-state index >= 15 is 0 Å². The van der Waals surface area contributed by atoms with Gasteiger partial charge in [0.25, 0.3) is 0 Å². The summed E-state index contributed by atoms with van der Waals surface area (Å²) in [6.07, 6.45) is 1.85. The van der Waals surface area contributed by atoms with Crippen LogP contribution in [0.5, 0.6) is 0 Å². The van der Waals surface area contributed by atoms with Gasteiger partial charge in [0.2, 0.25) is 11.0 Å². The maximum Gasteiger partial charge on any atom is 0.249 e. The molecular formula is C29H31ClN4O2S. The van der Waals surface area contributed by atoms with Crippen LogP contribution in [0.1, 0.15) is 33.1 Å². The maximum atomic E-state index is 12.0. The standard InChI is InChI=1S/C29H31ClN4O2S/c30-24-12-10-23(11-13-24)27(22-6-2-1-3-7-22)34-17-15-33(16-18-34)19-20-36-29(32-14-21-37-29)26-9-5-4-8-25(26)28(31)35/h1-14,21,27,32H,15-20H2,(H2,31,35). The Kier molecular flexibility index (Phi) is 8.17. The van der Waals surface area contributed by atoms with Crippen LogP contribution in [0.25, 0.3) is 0 Å². The lowest BCUT2D eigenvalue weighted by molar-refractivity contribution is -0.00893. The molecule has 2 aliphatic rings. The number of carbonyl (C=O) groups excluding carboxylic acids is 1. The van der Waals surface area contributed by atoms with Crippen molar-refractivity contribution in [2.75, 3.05) is 39.3 Å². The second kappa shape index (κ2) is 11.7. The summed E-state index contributed by atoms with van der Waals surface area (Å²) in [6.45, 7) is 5.12. The zero-order valence-electron chi connectivity index (χ0n) is 20.6. The van der Waals surface area contributed by atoms with Gasteiger partial charge in [-0.05, 0) is 34.7 Å². The highest BCUT2D eigenvalue weighted by Crippen LogP contribution is 2.41. The lowest BCUT2D eigenvalue weighted by atomic mass is 9.96. The molecule has 1 saturated heterocycles. The number of nitrogens with one attached hydrogen (secondary N) is 1. The van der Waals surface area contributed by atoms with Gasteiger partial charge in [-0.1, -0.05) is 84.0 Å². The molecule has 5 rings (SSSR count). The topological polar surface area (TPSA) is 70.8 Å². The third-order valence-electron chi connectivity index (χ3n) is 6.91. The molecule has 8 heteroatoms. The van der Waals surface area contributed by atoms with Crippen molar-refractivity contribution in [3.8, 4) is 0 Å². The number of ether oxygens (including phenoxy) is 1. The van der Waals surface area contributed by atoms with Gasteiger partial charge in [-0.3, -0.25) is 14.6 Å². The van der Waals surface area contributed by atoms with Gasteiger partial charge in [-0.2, -0.15) is 0 Å². The van der Waals surface area contributed by atoms with Crippen molar-refractivity contribution in [1.29, 1.82) is 0 Å². The lowest BCUT2D eigenvalue weighted by Gasteiger charge is -2.40. The molecule has 0 radical (unpaired) electrons. The van der Waals surface area contributed by atoms with Crippen molar-refractivity contribution in [2.45, 2.75) is 11.1 Å². The first kappa shape index (κ1) is 25.8. The van der Waals surface area contributed by atoms with Crippen LogP contribution in [0.3, 0.4) is 0 Å². The first-order chi connectivity index (χ1) is 18.1. The van der Waals surface area contributed by atoms with Gasteiger partial charge < -0.3 is 15.8 Å². The van der Waals surface area contributed by atoms with E-state index in [1.165, 1.54) is 22.9 Å². The van der Waals surface area contributed by atoms with Crippen molar-refractivity contribution in [3.05, 3.63) is 118 Å². The molecule has 0 spiro atoms. The molecule has 0 aromatic heterocycles. The molecular weight excluding hydrogens is 504 g/mol. The fourth-order valence-corrected chi connectivity index (χ4v) is 6.09. The Morgan fingerprint density at radius 3 is 2.32 bits per heavy atom. The number of hydrogen-bond acceptors (Lipinski definition) is 6. The van der Waals surface area contributed by atoms with Crippen LogP contribution in [0, 0.1) is 0 Å². The van der Waals surface area contributed by atoms with E-state index in [1.807, 2.05) is 41.9 Å². The van der Waals surface area contributed by atoms with Crippen molar-refractivity contribution < 1.29 is 9.53 Å². The van der Waals surface area contributed by atoms with E-state index < -0.39 is 11.0 Å². The molecule has 3 aromatic rings. The van der Waals surface area contributed by atoms with Crippen LogP contribution in [-0.4, -0.2) is 55.0 Å². The monoisotopic (exact) mass is 534 g/mol. The van der Waals surface area contributed by atoms with Gasteiger partial charge in [-0.25, -0.2) is 0 Å². The number of hydrogen-bond donors (Lipinski definition) is 2. The van der Waals surface area contributed by atoms with E-state index in [0.29, 0.717) is 12.2 Å². The molecule has 0 bridgehead atoms. The first-order valence-electron chi connectivity index (χ1n) is 12.5. The summed E-state index contributed by atoms with van der Waals surface area (Å²) < 4.78 is 6.41. The average molecular weight is 535 g/mol. The molecule has 37 heavy (non-hydrogen) atoms. The number of piperazine rings is 1. The van der Waals surface area contributed by atoms with Gasteiger partial charge in [0.15, 0.2) is 0 Å². The van der Waals surface area contributed by atoms with Crippen LogP contribution < -0.4 is 11.1 Å². The summed E-state index contributed by atoms with van der Waals surface area (Å²) >= 11 is 7.67. The fraction of sp³-hybridized carbons (Fsp3) is 0.276. The number of amides is 1. The molecule has 192 valence electrons. The van der Waals surface area contributed by atoms with Gasteiger partial charge in [0.05, 0.1) is 12.6 Å². The number of nitrogens with zero attached hydrogens (tertiary/aromatic N) is 2. The molecule has 3 aromatic carbocycles. The van der Waals surface area contributed by atoms with Gasteiger partial charge in [0.1, 0.15) is 0 Å². The third kappa shape index (κ3) is 5.87. The van der Waals surface area contributed by atoms with Crippen molar-refractivity contribution in [1.82, 2.24) is 15.1 Å². The maximum absolute atomic E-state index is 12.0. The lowest BCUT2D eigenvalue weighted by Crippen LogP contribution is -2.49. The van der Waals surface area contributed by atoms with Crippen LogP contribution in [0.2, 0.25) is 5.02 Å². The van der Waals surface area contributed by atoms with E-state index in [-0.39, 0.29) is 6.04 Å². The SMILES string of the molecule is NC(=O)c1ccccc1C1(OCCN2CCN(C(c3ccccc3)c3ccc(Cl)cc3)CC2)NC=CS1. The molecule has 2 atom stereocenters. The molecule has 6 nitrogen and oxygen atoms in total. The summed E-state index contributed by atoms with van der Waals surface area (Å²) in [7, 11) is 0. The molecule has 1 fully saturated rings. The predicted molar refractivity (Wildman–Crippen MR) is 150 cm³/mol. The van der Waals surface area contributed by atoms with Crippen LogP contribution >= 0.6 is 23.4 Å². The Morgan fingerprint density at radius 2 is 1.65 bits per heavy atom. The summed E-state index contributed by atoms with van der Waals surface area (Å²) in [5.41, 5.74) is 9.39. The van der Waals surface area contributed by atoms with E-state index in [9.17, 15) is 4.79 Å². The quantitative estimate of drug-likeness (QED) is 0.412. The summed E-state index contributed by atoms with van der Waals surface area (Å²) in [6, 6.07) is 26.4. The number of halogens is 1. The fourth-order valence-electron chi connectivity index (χ4n) is 5.05. The minimum atomic E-state index is -0.847. The molecule has 0 saturated carbocycles. The van der Waals surface area contributed by atoms with Crippen LogP contribution in [-0.2, 0) is 9.79 Å². The highest BCUT2D eigenvalue weighted by molar-refractivity contribution is 8.03. The van der Waals surface area contributed by atoms with Crippen molar-refractivity contribution >= 4 is 29.3 Å². The molecule has 2 aliphatic heterocycles. The number of primary amides is 1. The number of carbonyl (C=O) groups is 1. The Balaban J connectivity index is 1.22. The zero-order chi connectivity index (χ0) is 25.7. The average Bonchev–Trinajstić information content (AvgIpc) is 3.41. The number of benzene rings is 3. The van der Waals surface area contributed by atoms with E-state index in [4.69, 9.17) is 22.1 Å². The molecule has 3 N–H and O–H groups in total. The minimum Gasteiger partial charge on any atom is -0.366 e. The van der Waals surface area contributed by atoms with Crippen LogP contribution in [0.4, 0.5) is 0 Å². The van der Waals surface area contributed by atoms with E-state index in [1.54, 1.807) is 6.07 Å². The zero-order valence-corrected chi connectivity index (χ0v) is 22.1. The Bertz CT molecular complexity index is 1220. The Morgan fingerprint density at radius 1 is 0.973 bits per heavy atom. The molecule has 2 unspecified atom stereocenters. The summed E-state index contributed by atoms with van der Waals surface area (Å²) in [5, 5.41) is 5.14. The minimum absolute atomic E-state index is 0.190. The number of nitrogens with two attached hydrogens (primary N) is 1. The van der Waals surface area contributed by atoms with E-state index in [2.05, 4.69) is 57.6 Å². The second-order valence-electron chi connectivity index (χ2n) is 9.18. The van der Waals surface area contributed by atoms with Gasteiger partial charge in [0, 0.05) is 55.1 Å². The molecule has 0 aliphatic carbocycles. The first-order valence-corrected chi connectivity index (χ1v) is 13.7. The highest BCUT2D eigenvalue weighted by atomic mass is 35.5. The number of rotatable bonds is 9. The predicted octanol–water partition coefficient (Wildman–Crippen LogP) is 4.78. The largest absolute Gasteiger partial charge is 0.366 e. The summed E-state index contributed by atoms with van der Waals surface area (Å²) in [4.78, 5) is 17.0. The van der Waals surface area contributed by atoms with Gasteiger partial charge in [-0.15, -0.1) is 0 Å². The van der Waals surface area contributed by atoms with Crippen molar-refractivity contribution in [2.24, 2.45) is 5.73 Å². The van der Waals surface area contributed by atoms with Gasteiger partial charge >= 0.3 is 0 Å². The number of thioether (sulfide) groups is 1. The highest BCUT2D eigenvalue weighted by Gasteiger charge is 2.38. The second-order valence-corrected chi connectivity index (χ2v) is 10.7. The molecule has 1 amide bonds. The Labute approximate surface area is 227 Å². The van der Waals surface area contributed by atoms with Crippen molar-refractivity contribution in [3.63, 3.8) is 0 Å².